The van der Waals surface area contributed by atoms with Crippen LogP contribution in [0.1, 0.15) is 36.8 Å². The highest BCUT2D eigenvalue weighted by atomic mass is 32.2. The molecule has 0 spiro atoms. The molecule has 1 aliphatic carbocycles. The summed E-state index contributed by atoms with van der Waals surface area (Å²) in [5.41, 5.74) is 8.49. The Morgan fingerprint density at radius 2 is 1.26 bits per heavy atom. The van der Waals surface area contributed by atoms with Crippen molar-refractivity contribution < 1.29 is 4.79 Å². The molecule has 5 aromatic rings. The zero-order chi connectivity index (χ0) is 25.8. The normalized spacial score (nSPS) is 13.2. The first kappa shape index (κ1) is 24.4. The van der Waals surface area contributed by atoms with Gasteiger partial charge in [0.1, 0.15) is 6.29 Å². The molecule has 0 amide bonds. The van der Waals surface area contributed by atoms with E-state index in [1.165, 1.54) is 17.4 Å². The summed E-state index contributed by atoms with van der Waals surface area (Å²) in [5, 5.41) is 0.950. The first-order valence-electron chi connectivity index (χ1n) is 13.3. The molecular weight excluding hydrogens is 484 g/mol. The first-order valence-corrected chi connectivity index (χ1v) is 14.3. The summed E-state index contributed by atoms with van der Waals surface area (Å²) in [5.74, 6) is 0.983. The largest absolute Gasteiger partial charge is 0.332 e. The van der Waals surface area contributed by atoms with Gasteiger partial charge in [-0.1, -0.05) is 134 Å². The summed E-state index contributed by atoms with van der Waals surface area (Å²) >= 11 is 1.77. The van der Waals surface area contributed by atoms with Crippen molar-refractivity contribution in [2.45, 2.75) is 36.3 Å². The molecule has 1 N–H and O–H groups in total. The third kappa shape index (κ3) is 4.50. The summed E-state index contributed by atoms with van der Waals surface area (Å²) in [6.45, 7) is 0. The fourth-order valence-electron chi connectivity index (χ4n) is 5.70. The van der Waals surface area contributed by atoms with E-state index in [0.29, 0.717) is 0 Å². The summed E-state index contributed by atoms with van der Waals surface area (Å²) in [4.78, 5) is 21.2. The van der Waals surface area contributed by atoms with Crippen molar-refractivity contribution in [1.29, 1.82) is 0 Å². The average molecular weight is 515 g/mol. The Morgan fingerprint density at radius 3 is 1.89 bits per heavy atom. The molecule has 0 fully saturated rings. The van der Waals surface area contributed by atoms with Gasteiger partial charge in [0.05, 0.1) is 16.8 Å². The van der Waals surface area contributed by atoms with Gasteiger partial charge in [-0.2, -0.15) is 0 Å². The minimum atomic E-state index is -0.531. The van der Waals surface area contributed by atoms with Crippen LogP contribution < -0.4 is 0 Å². The number of unbranched alkanes of at least 4 members (excludes halogenated alkanes) is 2. The van der Waals surface area contributed by atoms with Crippen molar-refractivity contribution in [2.24, 2.45) is 0 Å². The Hall–Kier alpha value is -3.89. The third-order valence-corrected chi connectivity index (χ3v) is 8.51. The second kappa shape index (κ2) is 10.8. The first-order chi connectivity index (χ1) is 18.8. The molecule has 0 saturated carbocycles. The van der Waals surface area contributed by atoms with Crippen LogP contribution in [0, 0.1) is 0 Å². The lowest BCUT2D eigenvalue weighted by molar-refractivity contribution is -0.111. The lowest BCUT2D eigenvalue weighted by atomic mass is 9.75. The van der Waals surface area contributed by atoms with Crippen LogP contribution in [0.4, 0.5) is 0 Å². The number of hydrogen-bond acceptors (Lipinski definition) is 3. The molecular formula is C34H30N2OS. The van der Waals surface area contributed by atoms with E-state index in [-0.39, 0.29) is 0 Å². The van der Waals surface area contributed by atoms with Crippen LogP contribution in [0.2, 0.25) is 0 Å². The number of nitrogens with one attached hydrogen (secondary N) is 1. The number of fused-ring (bicyclic) bond motifs is 3. The van der Waals surface area contributed by atoms with E-state index in [1.54, 1.807) is 11.8 Å². The lowest BCUT2D eigenvalue weighted by Gasteiger charge is -2.25. The smallest absolute Gasteiger partial charge is 0.166 e. The van der Waals surface area contributed by atoms with Gasteiger partial charge in [0.2, 0.25) is 0 Å². The minimum absolute atomic E-state index is 0.531. The van der Waals surface area contributed by atoms with Crippen molar-refractivity contribution in [2.75, 3.05) is 5.75 Å². The number of aromatic nitrogens is 2. The standard InChI is InChI=1S/C34H30N2OS/c37-24-34(29-20-10-8-18-27(29)28-19-9-11-21-30(28)34)22-12-3-13-23-38-33-35-31(25-14-4-1-5-15-25)32(36-33)26-16-6-2-7-17-26/h1-2,4-11,14-21,24H,3,12-13,22-23H2,(H,35,36). The van der Waals surface area contributed by atoms with Gasteiger partial charge in [0, 0.05) is 16.9 Å². The van der Waals surface area contributed by atoms with E-state index < -0.39 is 5.41 Å². The molecule has 0 atom stereocenters. The van der Waals surface area contributed by atoms with Crippen molar-refractivity contribution in [1.82, 2.24) is 9.97 Å². The van der Waals surface area contributed by atoms with E-state index in [4.69, 9.17) is 4.98 Å². The summed E-state index contributed by atoms with van der Waals surface area (Å²) in [6, 6.07) is 37.5. The number of aromatic amines is 1. The van der Waals surface area contributed by atoms with Gasteiger partial charge in [0.25, 0.3) is 0 Å². The van der Waals surface area contributed by atoms with Gasteiger partial charge in [-0.05, 0) is 35.1 Å². The number of benzene rings is 4. The maximum absolute atomic E-state index is 12.6. The predicted octanol–water partition coefficient (Wildman–Crippen LogP) is 8.56. The topological polar surface area (TPSA) is 45.8 Å². The second-order valence-corrected chi connectivity index (χ2v) is 10.9. The quantitative estimate of drug-likeness (QED) is 0.115. The van der Waals surface area contributed by atoms with Crippen molar-refractivity contribution in [3.8, 4) is 33.6 Å². The van der Waals surface area contributed by atoms with Gasteiger partial charge in [-0.25, -0.2) is 4.98 Å². The number of hydrogen-bond donors (Lipinski definition) is 1. The Morgan fingerprint density at radius 1 is 0.684 bits per heavy atom. The number of nitrogens with zero attached hydrogens (tertiary/aromatic N) is 1. The van der Waals surface area contributed by atoms with Crippen LogP contribution >= 0.6 is 11.8 Å². The number of carbonyl (C=O) groups excluding carboxylic acids is 1. The highest BCUT2D eigenvalue weighted by Crippen LogP contribution is 2.50. The van der Waals surface area contributed by atoms with Crippen LogP contribution in [0.15, 0.2) is 114 Å². The number of H-pyrrole nitrogens is 1. The van der Waals surface area contributed by atoms with Crippen LogP contribution in [0.5, 0.6) is 0 Å². The molecule has 6 rings (SSSR count). The van der Waals surface area contributed by atoms with Crippen molar-refractivity contribution in [3.63, 3.8) is 0 Å². The van der Waals surface area contributed by atoms with E-state index in [1.807, 2.05) is 12.1 Å². The minimum Gasteiger partial charge on any atom is -0.332 e. The van der Waals surface area contributed by atoms with Crippen molar-refractivity contribution >= 4 is 18.0 Å². The van der Waals surface area contributed by atoms with E-state index in [2.05, 4.69) is 102 Å². The van der Waals surface area contributed by atoms with Gasteiger partial charge in [-0.3, -0.25) is 0 Å². The average Bonchev–Trinajstić information content (AvgIpc) is 3.54. The van der Waals surface area contributed by atoms with E-state index >= 15 is 0 Å². The monoisotopic (exact) mass is 514 g/mol. The zero-order valence-electron chi connectivity index (χ0n) is 21.3. The number of imidazole rings is 1. The van der Waals surface area contributed by atoms with Crippen LogP contribution in [-0.4, -0.2) is 22.0 Å². The maximum atomic E-state index is 12.6. The molecule has 0 radical (unpaired) electrons. The summed E-state index contributed by atoms with van der Waals surface area (Å²) < 4.78 is 0. The number of carbonyl (C=O) groups is 1. The van der Waals surface area contributed by atoms with Crippen molar-refractivity contribution in [3.05, 3.63) is 120 Å². The Balaban J connectivity index is 1.11. The summed E-state index contributed by atoms with van der Waals surface area (Å²) in [6.07, 6.45) is 5.18. The Labute approximate surface area is 228 Å². The summed E-state index contributed by atoms with van der Waals surface area (Å²) in [7, 11) is 0. The maximum Gasteiger partial charge on any atom is 0.166 e. The third-order valence-electron chi connectivity index (χ3n) is 7.55. The van der Waals surface area contributed by atoms with Gasteiger partial charge < -0.3 is 9.78 Å². The highest BCUT2D eigenvalue weighted by molar-refractivity contribution is 7.99. The second-order valence-electron chi connectivity index (χ2n) is 9.84. The number of rotatable bonds is 10. The lowest BCUT2D eigenvalue weighted by Crippen LogP contribution is -2.27. The Bertz CT molecular complexity index is 1440. The number of aldehydes is 1. The molecule has 1 heterocycles. The van der Waals surface area contributed by atoms with Crippen LogP contribution in [0.25, 0.3) is 33.6 Å². The number of thioether (sulfide) groups is 1. The molecule has 3 nitrogen and oxygen atoms in total. The van der Waals surface area contributed by atoms with Gasteiger partial charge in [-0.15, -0.1) is 0 Å². The molecule has 188 valence electrons. The van der Waals surface area contributed by atoms with E-state index in [0.717, 1.165) is 70.2 Å². The molecule has 4 aromatic carbocycles. The molecule has 4 heteroatoms. The fourth-order valence-corrected chi connectivity index (χ4v) is 6.58. The van der Waals surface area contributed by atoms with Gasteiger partial charge in [0.15, 0.2) is 5.16 Å². The van der Waals surface area contributed by atoms with E-state index in [9.17, 15) is 4.79 Å². The SMILES string of the molecule is O=CC1(CCCCCSc2nc(-c3ccccc3)c(-c3ccccc3)[nH]2)c2ccccc2-c2ccccc21. The zero-order valence-corrected chi connectivity index (χ0v) is 22.1. The highest BCUT2D eigenvalue weighted by Gasteiger charge is 2.42. The van der Waals surface area contributed by atoms with Crippen LogP contribution in [0.3, 0.4) is 0 Å². The molecule has 0 unspecified atom stereocenters. The fraction of sp³-hybridized carbons (Fsp3) is 0.176. The van der Waals surface area contributed by atoms with Crippen LogP contribution in [-0.2, 0) is 10.2 Å². The molecule has 1 aromatic heterocycles. The molecule has 38 heavy (non-hydrogen) atoms. The molecule has 0 bridgehead atoms. The molecule has 0 aliphatic heterocycles. The van der Waals surface area contributed by atoms with Gasteiger partial charge >= 0.3 is 0 Å². The predicted molar refractivity (Wildman–Crippen MR) is 157 cm³/mol. The Kier molecular flexibility index (Phi) is 6.98. The molecule has 1 aliphatic rings. The molecule has 0 saturated heterocycles.